The fourth-order valence-electron chi connectivity index (χ4n) is 2.92. The highest BCUT2D eigenvalue weighted by molar-refractivity contribution is 7.89. The maximum atomic E-state index is 11.7. The molecule has 0 aliphatic heterocycles. The van der Waals surface area contributed by atoms with Crippen LogP contribution >= 0.6 is 0 Å². The number of primary sulfonamides is 1. The zero-order valence-electron chi connectivity index (χ0n) is 12.5. The summed E-state index contributed by atoms with van der Waals surface area (Å²) in [5.41, 5.74) is 0.642. The summed E-state index contributed by atoms with van der Waals surface area (Å²) < 4.78 is 39.2. The van der Waals surface area contributed by atoms with E-state index in [1.54, 1.807) is 26.4 Å². The van der Waals surface area contributed by atoms with Gasteiger partial charge < -0.3 is 14.2 Å². The van der Waals surface area contributed by atoms with Crippen molar-refractivity contribution >= 4 is 10.0 Å². The summed E-state index contributed by atoms with van der Waals surface area (Å²) in [5, 5.41) is 5.27. The molecule has 1 aromatic rings. The first-order valence-electron chi connectivity index (χ1n) is 6.59. The Bertz CT molecular complexity index is 608. The van der Waals surface area contributed by atoms with Crippen molar-refractivity contribution in [2.24, 2.45) is 5.14 Å². The Balaban J connectivity index is 2.44. The lowest BCUT2D eigenvalue weighted by atomic mass is 9.63. The van der Waals surface area contributed by atoms with Crippen LogP contribution < -0.4 is 9.88 Å². The van der Waals surface area contributed by atoms with Crippen LogP contribution in [-0.4, -0.2) is 42.5 Å². The lowest BCUT2D eigenvalue weighted by Crippen LogP contribution is -2.48. The number of sulfonamides is 1. The SMILES string of the molecule is COCC1(c2ccc(OC)c(S(N)(=O)=O)c2)CC(OC)C1. The van der Waals surface area contributed by atoms with E-state index in [0.29, 0.717) is 6.61 Å². The summed E-state index contributed by atoms with van der Waals surface area (Å²) in [7, 11) is 0.875. The van der Waals surface area contributed by atoms with Crippen LogP contribution in [0.1, 0.15) is 18.4 Å². The number of hydrogen-bond acceptors (Lipinski definition) is 5. The number of hydrogen-bond donors (Lipinski definition) is 1. The minimum Gasteiger partial charge on any atom is -0.495 e. The highest BCUT2D eigenvalue weighted by atomic mass is 32.2. The molecule has 0 radical (unpaired) electrons. The summed E-state index contributed by atoms with van der Waals surface area (Å²) in [4.78, 5) is -0.00107. The van der Waals surface area contributed by atoms with Gasteiger partial charge in [-0.05, 0) is 30.5 Å². The third-order valence-corrected chi connectivity index (χ3v) is 5.01. The van der Waals surface area contributed by atoms with Crippen LogP contribution in [0.15, 0.2) is 23.1 Å². The van der Waals surface area contributed by atoms with E-state index in [-0.39, 0.29) is 22.2 Å². The average molecular weight is 315 g/mol. The Morgan fingerprint density at radius 1 is 1.29 bits per heavy atom. The topological polar surface area (TPSA) is 87.9 Å². The fourth-order valence-corrected chi connectivity index (χ4v) is 3.64. The lowest BCUT2D eigenvalue weighted by molar-refractivity contribution is -0.0483. The predicted molar refractivity (Wildman–Crippen MR) is 78.0 cm³/mol. The molecule has 21 heavy (non-hydrogen) atoms. The zero-order valence-corrected chi connectivity index (χ0v) is 13.3. The second-order valence-electron chi connectivity index (χ2n) is 5.39. The monoisotopic (exact) mass is 315 g/mol. The Kier molecular flexibility index (Phi) is 4.57. The van der Waals surface area contributed by atoms with Crippen LogP contribution in [-0.2, 0) is 24.9 Å². The van der Waals surface area contributed by atoms with E-state index >= 15 is 0 Å². The van der Waals surface area contributed by atoms with Crippen molar-refractivity contribution in [3.05, 3.63) is 23.8 Å². The van der Waals surface area contributed by atoms with Gasteiger partial charge in [0.2, 0.25) is 10.0 Å². The number of ether oxygens (including phenoxy) is 3. The maximum Gasteiger partial charge on any atom is 0.241 e. The van der Waals surface area contributed by atoms with Gasteiger partial charge in [-0.25, -0.2) is 13.6 Å². The van der Waals surface area contributed by atoms with Crippen LogP contribution in [0.5, 0.6) is 5.75 Å². The van der Waals surface area contributed by atoms with Crippen LogP contribution in [0.25, 0.3) is 0 Å². The summed E-state index contributed by atoms with van der Waals surface area (Å²) in [6.45, 7) is 0.503. The highest BCUT2D eigenvalue weighted by Gasteiger charge is 2.46. The standard InChI is InChI=1S/C14H21NO5S/c1-18-9-14(7-11(8-14)19-2)10-4-5-12(20-3)13(6-10)21(15,16)17/h4-6,11H,7-9H2,1-3H3,(H2,15,16,17). The molecular weight excluding hydrogens is 294 g/mol. The molecule has 2 N–H and O–H groups in total. The van der Waals surface area contributed by atoms with Gasteiger partial charge in [-0.15, -0.1) is 0 Å². The van der Waals surface area contributed by atoms with Crippen LogP contribution in [0.3, 0.4) is 0 Å². The minimum absolute atomic E-state index is 0.00107. The second kappa shape index (κ2) is 5.92. The van der Waals surface area contributed by atoms with E-state index in [4.69, 9.17) is 19.3 Å². The molecule has 1 fully saturated rings. The average Bonchev–Trinajstić information content (AvgIpc) is 2.40. The van der Waals surface area contributed by atoms with Gasteiger partial charge in [0, 0.05) is 19.6 Å². The molecule has 1 saturated carbocycles. The normalized spacial score (nSPS) is 25.4. The van der Waals surface area contributed by atoms with Crippen molar-refractivity contribution < 1.29 is 22.6 Å². The van der Waals surface area contributed by atoms with Gasteiger partial charge in [-0.3, -0.25) is 0 Å². The van der Waals surface area contributed by atoms with Crippen LogP contribution in [0, 0.1) is 0 Å². The molecule has 0 atom stereocenters. The molecular formula is C14H21NO5S. The van der Waals surface area contributed by atoms with Crippen molar-refractivity contribution in [3.63, 3.8) is 0 Å². The van der Waals surface area contributed by atoms with Gasteiger partial charge >= 0.3 is 0 Å². The lowest BCUT2D eigenvalue weighted by Gasteiger charge is -2.47. The first-order chi connectivity index (χ1) is 9.86. The summed E-state index contributed by atoms with van der Waals surface area (Å²) in [6.07, 6.45) is 1.74. The third-order valence-electron chi connectivity index (χ3n) is 4.07. The smallest absolute Gasteiger partial charge is 0.241 e. The molecule has 0 aromatic heterocycles. The Hall–Kier alpha value is -1.15. The van der Waals surface area contributed by atoms with E-state index in [9.17, 15) is 8.42 Å². The van der Waals surface area contributed by atoms with Crippen molar-refractivity contribution in [3.8, 4) is 5.75 Å². The van der Waals surface area contributed by atoms with E-state index in [2.05, 4.69) is 0 Å². The minimum atomic E-state index is -3.84. The van der Waals surface area contributed by atoms with E-state index in [1.807, 2.05) is 6.07 Å². The Morgan fingerprint density at radius 3 is 2.43 bits per heavy atom. The molecule has 2 rings (SSSR count). The molecule has 1 aliphatic rings. The van der Waals surface area contributed by atoms with Gasteiger partial charge in [-0.1, -0.05) is 6.07 Å². The van der Waals surface area contributed by atoms with Gasteiger partial charge in [0.05, 0.1) is 19.8 Å². The molecule has 118 valence electrons. The summed E-state index contributed by atoms with van der Waals surface area (Å²) in [6, 6.07) is 5.07. The molecule has 0 unspecified atom stereocenters. The summed E-state index contributed by atoms with van der Waals surface area (Å²) >= 11 is 0. The number of nitrogens with two attached hydrogens (primary N) is 1. The van der Waals surface area contributed by atoms with Gasteiger partial charge in [0.25, 0.3) is 0 Å². The molecule has 0 heterocycles. The third kappa shape index (κ3) is 3.06. The number of methoxy groups -OCH3 is 3. The molecule has 0 bridgehead atoms. The molecule has 6 nitrogen and oxygen atoms in total. The highest BCUT2D eigenvalue weighted by Crippen LogP contribution is 2.46. The molecule has 0 spiro atoms. The first kappa shape index (κ1) is 16.2. The summed E-state index contributed by atoms with van der Waals surface area (Å²) in [5.74, 6) is 0.247. The van der Waals surface area contributed by atoms with Crippen LogP contribution in [0.4, 0.5) is 0 Å². The fraction of sp³-hybridized carbons (Fsp3) is 0.571. The molecule has 1 aromatic carbocycles. The van der Waals surface area contributed by atoms with Crippen molar-refractivity contribution in [1.82, 2.24) is 0 Å². The quantitative estimate of drug-likeness (QED) is 0.847. The van der Waals surface area contributed by atoms with Gasteiger partial charge in [0.1, 0.15) is 10.6 Å². The molecule has 0 amide bonds. The number of benzene rings is 1. The Labute approximate surface area is 125 Å². The van der Waals surface area contributed by atoms with Gasteiger partial charge in [-0.2, -0.15) is 0 Å². The van der Waals surface area contributed by atoms with Gasteiger partial charge in [0.15, 0.2) is 0 Å². The van der Waals surface area contributed by atoms with E-state index in [0.717, 1.165) is 18.4 Å². The second-order valence-corrected chi connectivity index (χ2v) is 6.92. The van der Waals surface area contributed by atoms with Crippen molar-refractivity contribution in [2.45, 2.75) is 29.3 Å². The molecule has 7 heteroatoms. The first-order valence-corrected chi connectivity index (χ1v) is 8.14. The van der Waals surface area contributed by atoms with Crippen molar-refractivity contribution in [1.29, 1.82) is 0 Å². The van der Waals surface area contributed by atoms with Crippen LogP contribution in [0.2, 0.25) is 0 Å². The predicted octanol–water partition coefficient (Wildman–Crippen LogP) is 1.04. The van der Waals surface area contributed by atoms with Crippen molar-refractivity contribution in [2.75, 3.05) is 27.9 Å². The van der Waals surface area contributed by atoms with E-state index < -0.39 is 10.0 Å². The largest absolute Gasteiger partial charge is 0.495 e. The molecule has 1 aliphatic carbocycles. The molecule has 0 saturated heterocycles. The zero-order chi connectivity index (χ0) is 15.7. The van der Waals surface area contributed by atoms with E-state index in [1.165, 1.54) is 7.11 Å². The Morgan fingerprint density at radius 2 is 1.95 bits per heavy atom. The number of rotatable bonds is 6. The maximum absolute atomic E-state index is 11.7.